The smallest absolute Gasteiger partial charge is 0.226 e. The molecule has 1 unspecified atom stereocenters. The normalized spacial score (nSPS) is 24.5. The highest BCUT2D eigenvalue weighted by Gasteiger charge is 2.40. The summed E-state index contributed by atoms with van der Waals surface area (Å²) in [5.41, 5.74) is 0. The van der Waals surface area contributed by atoms with Gasteiger partial charge in [-0.1, -0.05) is 31.6 Å². The van der Waals surface area contributed by atoms with Crippen molar-refractivity contribution in [2.24, 2.45) is 17.8 Å². The van der Waals surface area contributed by atoms with E-state index in [1.54, 1.807) is 18.0 Å². The Morgan fingerprint density at radius 2 is 2.23 bits per heavy atom. The molecule has 0 spiro atoms. The number of amides is 1. The van der Waals surface area contributed by atoms with Crippen molar-refractivity contribution in [2.45, 2.75) is 61.8 Å². The molecular formula is C19H25N3O2S2. The van der Waals surface area contributed by atoms with Gasteiger partial charge in [0.25, 0.3) is 0 Å². The maximum absolute atomic E-state index is 12.3. The average molecular weight is 392 g/mol. The third kappa shape index (κ3) is 4.14. The number of anilines is 1. The maximum atomic E-state index is 12.3. The second kappa shape index (κ2) is 7.72. The zero-order valence-corrected chi connectivity index (χ0v) is 16.9. The van der Waals surface area contributed by atoms with Crippen molar-refractivity contribution in [2.75, 3.05) is 5.32 Å². The minimum absolute atomic E-state index is 0.114. The van der Waals surface area contributed by atoms with Crippen LogP contribution < -0.4 is 5.32 Å². The molecule has 7 heteroatoms. The quantitative estimate of drug-likeness (QED) is 0.648. The fraction of sp³-hybridized carbons (Fsp3) is 0.632. The molecule has 3 atom stereocenters. The van der Waals surface area contributed by atoms with Gasteiger partial charge in [0.15, 0.2) is 5.13 Å². The van der Waals surface area contributed by atoms with Gasteiger partial charge in [0.2, 0.25) is 11.8 Å². The molecule has 2 aliphatic rings. The lowest BCUT2D eigenvalue weighted by Gasteiger charge is -2.20. The number of thiazole rings is 1. The Morgan fingerprint density at radius 3 is 2.92 bits per heavy atom. The highest BCUT2D eigenvalue weighted by atomic mass is 32.2. The highest BCUT2D eigenvalue weighted by Crippen LogP contribution is 2.49. The van der Waals surface area contributed by atoms with E-state index in [0.717, 1.165) is 27.7 Å². The summed E-state index contributed by atoms with van der Waals surface area (Å²) in [4.78, 5) is 21.0. The van der Waals surface area contributed by atoms with Crippen molar-refractivity contribution in [1.82, 2.24) is 9.97 Å². The molecule has 5 nitrogen and oxygen atoms in total. The van der Waals surface area contributed by atoms with Gasteiger partial charge in [0, 0.05) is 12.3 Å². The highest BCUT2D eigenvalue weighted by molar-refractivity contribution is 8.00. The van der Waals surface area contributed by atoms with E-state index in [4.69, 9.17) is 4.42 Å². The molecule has 1 amide bonds. The summed E-state index contributed by atoms with van der Waals surface area (Å²) < 4.78 is 6.78. The number of rotatable bonds is 7. The number of aromatic nitrogens is 2. The van der Waals surface area contributed by atoms with Gasteiger partial charge in [0.05, 0.1) is 22.4 Å². The summed E-state index contributed by atoms with van der Waals surface area (Å²) >= 11 is 3.15. The van der Waals surface area contributed by atoms with Gasteiger partial charge in [-0.25, -0.2) is 9.97 Å². The summed E-state index contributed by atoms with van der Waals surface area (Å²) in [6, 6.07) is 0. The van der Waals surface area contributed by atoms with Crippen LogP contribution in [0.5, 0.6) is 0 Å². The summed E-state index contributed by atoms with van der Waals surface area (Å²) in [6.45, 7) is 4.18. The van der Waals surface area contributed by atoms with E-state index in [-0.39, 0.29) is 5.91 Å². The van der Waals surface area contributed by atoms with Crippen LogP contribution in [0.2, 0.25) is 0 Å². The maximum Gasteiger partial charge on any atom is 0.226 e. The molecule has 1 N–H and O–H groups in total. The van der Waals surface area contributed by atoms with Gasteiger partial charge in [0.1, 0.15) is 5.76 Å². The molecule has 2 heterocycles. The third-order valence-electron chi connectivity index (χ3n) is 5.54. The molecule has 2 bridgehead atoms. The Morgan fingerprint density at radius 1 is 1.35 bits per heavy atom. The molecule has 0 radical (unpaired) electrons. The third-order valence-corrected chi connectivity index (χ3v) is 7.63. The molecule has 2 aromatic heterocycles. The monoisotopic (exact) mass is 391 g/mol. The number of fused-ring (bicyclic) bond motifs is 2. The summed E-state index contributed by atoms with van der Waals surface area (Å²) in [5.74, 6) is 5.03. The summed E-state index contributed by atoms with van der Waals surface area (Å²) in [6.07, 6.45) is 9.54. The van der Waals surface area contributed by atoms with E-state index in [0.29, 0.717) is 29.1 Å². The lowest BCUT2D eigenvalue weighted by Crippen LogP contribution is -2.20. The van der Waals surface area contributed by atoms with E-state index < -0.39 is 0 Å². The van der Waals surface area contributed by atoms with Crippen molar-refractivity contribution >= 4 is 34.1 Å². The topological polar surface area (TPSA) is 68.0 Å². The summed E-state index contributed by atoms with van der Waals surface area (Å²) in [7, 11) is 0. The van der Waals surface area contributed by atoms with E-state index in [1.807, 2.05) is 6.20 Å². The second-order valence-corrected chi connectivity index (χ2v) is 10.1. The number of nitrogens with one attached hydrogen (secondary N) is 1. The first-order valence-corrected chi connectivity index (χ1v) is 11.2. The molecule has 2 aromatic rings. The van der Waals surface area contributed by atoms with Gasteiger partial charge in [-0.05, 0) is 37.0 Å². The van der Waals surface area contributed by atoms with Crippen LogP contribution in [0.25, 0.3) is 0 Å². The Labute approximate surface area is 162 Å². The van der Waals surface area contributed by atoms with Crippen LogP contribution >= 0.6 is 23.1 Å². The molecule has 2 fully saturated rings. The number of nitrogens with zero attached hydrogens (tertiary/aromatic N) is 2. The number of hydrogen-bond donors (Lipinski definition) is 1. The number of carbonyl (C=O) groups excluding carboxylic acids is 1. The van der Waals surface area contributed by atoms with Crippen LogP contribution in [-0.4, -0.2) is 15.9 Å². The summed E-state index contributed by atoms with van der Waals surface area (Å²) in [5, 5.41) is 3.67. The van der Waals surface area contributed by atoms with Crippen molar-refractivity contribution in [3.8, 4) is 0 Å². The van der Waals surface area contributed by atoms with Crippen molar-refractivity contribution in [3.63, 3.8) is 0 Å². The van der Waals surface area contributed by atoms with Gasteiger partial charge < -0.3 is 9.73 Å². The molecular weight excluding hydrogens is 366 g/mol. The van der Waals surface area contributed by atoms with Crippen LogP contribution in [0.3, 0.4) is 0 Å². The van der Waals surface area contributed by atoms with Gasteiger partial charge >= 0.3 is 0 Å². The number of hydrogen-bond acceptors (Lipinski definition) is 6. The Bertz CT molecular complexity index is 770. The van der Waals surface area contributed by atoms with Crippen LogP contribution in [0.1, 0.15) is 63.5 Å². The standard InChI is InChI=1S/C19H25N3O2S2/c1-11(2)15-8-20-17(24-15)10-25-18-9-21-19(26-18)22-16(23)7-14-6-12-3-4-13(14)5-12/h8-9,11-14H,3-7,10H2,1-2H3,(H,21,22,23)/t12-,13+,14?/m1/s1. The molecule has 0 saturated heterocycles. The van der Waals surface area contributed by atoms with E-state index >= 15 is 0 Å². The molecule has 2 aliphatic carbocycles. The molecule has 4 rings (SSSR count). The van der Waals surface area contributed by atoms with E-state index in [1.165, 1.54) is 37.0 Å². The Kier molecular flexibility index (Phi) is 5.36. The lowest BCUT2D eigenvalue weighted by molar-refractivity contribution is -0.117. The molecule has 0 aliphatic heterocycles. The average Bonchev–Trinajstić information content (AvgIpc) is 3.37. The fourth-order valence-electron chi connectivity index (χ4n) is 4.21. The van der Waals surface area contributed by atoms with Crippen LogP contribution in [0.4, 0.5) is 5.13 Å². The van der Waals surface area contributed by atoms with Crippen molar-refractivity contribution in [3.05, 3.63) is 24.0 Å². The Balaban J connectivity index is 1.25. The first-order valence-electron chi connectivity index (χ1n) is 9.40. The first-order chi connectivity index (χ1) is 12.6. The predicted molar refractivity (Wildman–Crippen MR) is 104 cm³/mol. The number of oxazole rings is 1. The molecule has 26 heavy (non-hydrogen) atoms. The van der Waals surface area contributed by atoms with Crippen molar-refractivity contribution < 1.29 is 9.21 Å². The fourth-order valence-corrected chi connectivity index (χ4v) is 5.95. The van der Waals surface area contributed by atoms with Gasteiger partial charge in [-0.15, -0.1) is 11.8 Å². The van der Waals surface area contributed by atoms with Crippen LogP contribution in [0, 0.1) is 17.8 Å². The molecule has 2 saturated carbocycles. The zero-order chi connectivity index (χ0) is 18.1. The number of carbonyl (C=O) groups is 1. The largest absolute Gasteiger partial charge is 0.445 e. The first kappa shape index (κ1) is 18.0. The minimum Gasteiger partial charge on any atom is -0.445 e. The second-order valence-electron chi connectivity index (χ2n) is 7.77. The lowest BCUT2D eigenvalue weighted by atomic mass is 9.86. The van der Waals surface area contributed by atoms with Gasteiger partial charge in [-0.2, -0.15) is 0 Å². The van der Waals surface area contributed by atoms with Crippen LogP contribution in [0.15, 0.2) is 21.0 Å². The van der Waals surface area contributed by atoms with Gasteiger partial charge in [-0.3, -0.25) is 4.79 Å². The number of thioether (sulfide) groups is 1. The predicted octanol–water partition coefficient (Wildman–Crippen LogP) is 5.31. The molecule has 140 valence electrons. The van der Waals surface area contributed by atoms with Crippen molar-refractivity contribution in [1.29, 1.82) is 0 Å². The van der Waals surface area contributed by atoms with Crippen LogP contribution in [-0.2, 0) is 10.5 Å². The van der Waals surface area contributed by atoms with E-state index in [2.05, 4.69) is 29.1 Å². The Hall–Kier alpha value is -1.34. The van der Waals surface area contributed by atoms with E-state index in [9.17, 15) is 4.79 Å². The molecule has 0 aromatic carbocycles. The zero-order valence-electron chi connectivity index (χ0n) is 15.2. The SMILES string of the molecule is CC(C)c1cnc(CSc2cnc(NC(=O)CC3C[C@@H]4CC[C@H]3C4)s2)o1. The minimum atomic E-state index is 0.114.